The highest BCUT2D eigenvalue weighted by molar-refractivity contribution is 5.62. The largest absolute Gasteiger partial charge is 0.504 e. The summed E-state index contributed by atoms with van der Waals surface area (Å²) in [6.45, 7) is 3.21. The lowest BCUT2D eigenvalue weighted by atomic mass is 9.48. The van der Waals surface area contributed by atoms with Crippen LogP contribution in [0.3, 0.4) is 0 Å². The molecule has 2 aliphatic heterocycles. The summed E-state index contributed by atoms with van der Waals surface area (Å²) >= 11 is 0. The third kappa shape index (κ3) is 7.72. The second kappa shape index (κ2) is 17.5. The van der Waals surface area contributed by atoms with E-state index in [2.05, 4.69) is 0 Å². The fourth-order valence-corrected chi connectivity index (χ4v) is 7.48. The van der Waals surface area contributed by atoms with Crippen LogP contribution in [0.5, 0.6) is 11.5 Å². The molecular weight excluding hydrogens is 598 g/mol. The summed E-state index contributed by atoms with van der Waals surface area (Å²) in [7, 11) is 1.63. The highest BCUT2D eigenvalue weighted by Crippen LogP contribution is 2.65. The molecule has 2 N–H and O–H groups in total. The van der Waals surface area contributed by atoms with Crippen molar-refractivity contribution in [1.29, 1.82) is 0 Å². The first-order valence-corrected chi connectivity index (χ1v) is 16.3. The van der Waals surface area contributed by atoms with Gasteiger partial charge < -0.3 is 52.8 Å². The monoisotopic (exact) mass is 656 g/mol. The zero-order valence-electron chi connectivity index (χ0n) is 31.8. The van der Waals surface area contributed by atoms with Crippen LogP contribution in [0, 0.1) is 0 Å². The van der Waals surface area contributed by atoms with Crippen molar-refractivity contribution in [3.8, 4) is 11.5 Å². The molecule has 5 rings (SSSR count). The molecule has 0 radical (unpaired) electrons. The first-order valence-electron chi connectivity index (χ1n) is 18.8. The Morgan fingerprint density at radius 2 is 1.52 bits per heavy atom. The minimum absolute atomic E-state index is 0.0150. The average Bonchev–Trinajstić information content (AvgIpc) is 3.46. The molecule has 12 heteroatoms. The van der Waals surface area contributed by atoms with E-state index in [1.165, 1.54) is 4.90 Å². The molecule has 1 saturated heterocycles. The molecule has 4 aliphatic rings. The third-order valence-electron chi connectivity index (χ3n) is 9.46. The molecule has 260 valence electrons. The van der Waals surface area contributed by atoms with E-state index >= 15 is 0 Å². The fourth-order valence-electron chi connectivity index (χ4n) is 7.48. The molecule has 2 aliphatic carbocycles. The minimum Gasteiger partial charge on any atom is -0.504 e. The Morgan fingerprint density at radius 3 is 2.11 bits per heavy atom. The standard InChI is InChI=1S/C34H53NO11/c1-3-9-35-10-8-33-30-26-4-5-27(36)31(30)46-32(33)28(6-7-34(33,37)29(35)25-26)45-24-23-44-22-21-43-20-19-42-18-17-41-16-15-40-14-13-39-12-11-38-2/h3-5,28-29,32,36-37H,1,6-25H2,2H3/t28-,29+,32-,33-,34+/m0/s1/i1D2,3D,9D2. The number of nitrogens with zero attached hydrogens (tertiary/aromatic N) is 1. The molecule has 5 atom stereocenters. The average molecular weight is 657 g/mol. The lowest BCUT2D eigenvalue weighted by Gasteiger charge is -2.64. The lowest BCUT2D eigenvalue weighted by molar-refractivity contribution is -0.215. The van der Waals surface area contributed by atoms with Gasteiger partial charge in [0.2, 0.25) is 0 Å². The maximum atomic E-state index is 12.6. The van der Waals surface area contributed by atoms with E-state index in [9.17, 15) is 10.2 Å². The zero-order chi connectivity index (χ0) is 36.5. The third-order valence-corrected chi connectivity index (χ3v) is 9.46. The summed E-state index contributed by atoms with van der Waals surface area (Å²) in [6, 6.07) is 1.87. The molecule has 0 aromatic heterocycles. The fraction of sp³-hybridized carbons (Fsp3) is 0.765. The summed E-state index contributed by atoms with van der Waals surface area (Å²) in [4.78, 5) is 1.44. The summed E-state index contributed by atoms with van der Waals surface area (Å²) in [5.41, 5.74) is -0.801. The van der Waals surface area contributed by atoms with Gasteiger partial charge in [-0.3, -0.25) is 4.90 Å². The van der Waals surface area contributed by atoms with Crippen LogP contribution in [0.25, 0.3) is 0 Å². The van der Waals surface area contributed by atoms with Crippen molar-refractivity contribution in [3.63, 3.8) is 0 Å². The van der Waals surface area contributed by atoms with E-state index in [0.717, 1.165) is 11.1 Å². The second-order valence-electron chi connectivity index (χ2n) is 11.9. The van der Waals surface area contributed by atoms with Crippen LogP contribution in [0.1, 0.15) is 37.2 Å². The van der Waals surface area contributed by atoms with Gasteiger partial charge in [0.05, 0.1) is 114 Å². The highest BCUT2D eigenvalue weighted by atomic mass is 16.6. The predicted molar refractivity (Wildman–Crippen MR) is 169 cm³/mol. The molecule has 46 heavy (non-hydrogen) atoms. The summed E-state index contributed by atoms with van der Waals surface area (Å²) in [5, 5.41) is 23.4. The Morgan fingerprint density at radius 1 is 0.935 bits per heavy atom. The van der Waals surface area contributed by atoms with E-state index in [0.29, 0.717) is 98.1 Å². The van der Waals surface area contributed by atoms with Crippen LogP contribution in [0.4, 0.5) is 0 Å². The van der Waals surface area contributed by atoms with Gasteiger partial charge in [0.1, 0.15) is 6.10 Å². The number of aromatic hydroxyl groups is 1. The Kier molecular flexibility index (Phi) is 11.1. The second-order valence-corrected chi connectivity index (χ2v) is 11.9. The molecule has 2 fully saturated rings. The SMILES string of the molecule is [2H]C([2H])=C([2H])C([2H])([2H])N1CC[C@]23c4c5ccc(O)c4O[C@H]2[C@@H](OCCOCCOCCOCCOCCOCCOCCOC)CC[C@@]3(O)[C@H]1C5. The number of methoxy groups -OCH3 is 1. The Hall–Kier alpha value is -1.84. The lowest BCUT2D eigenvalue weighted by Crippen LogP contribution is -2.77. The summed E-state index contributed by atoms with van der Waals surface area (Å²) < 4.78 is 91.5. The predicted octanol–water partition coefficient (Wildman–Crippen LogP) is 1.86. The highest BCUT2D eigenvalue weighted by Gasteiger charge is 2.73. The number of likely N-dealkylation sites (tertiary alicyclic amines) is 1. The quantitative estimate of drug-likeness (QED) is 0.125. The molecule has 1 aromatic carbocycles. The molecule has 2 bridgehead atoms. The first-order chi connectivity index (χ1) is 24.6. The molecule has 2 heterocycles. The Bertz CT molecular complexity index is 1310. The molecule has 1 aromatic rings. The van der Waals surface area contributed by atoms with Crippen LogP contribution in [-0.2, 0) is 49.7 Å². The van der Waals surface area contributed by atoms with Crippen LogP contribution in [-0.4, -0.2) is 152 Å². The normalized spacial score (nSPS) is 29.6. The summed E-state index contributed by atoms with van der Waals surface area (Å²) in [5.74, 6) is 0.326. The van der Waals surface area contributed by atoms with Crippen molar-refractivity contribution in [1.82, 2.24) is 4.90 Å². The number of aliphatic hydroxyl groups is 1. The number of phenols is 1. The van der Waals surface area contributed by atoms with Gasteiger partial charge >= 0.3 is 0 Å². The first kappa shape index (κ1) is 29.1. The maximum Gasteiger partial charge on any atom is 0.165 e. The van der Waals surface area contributed by atoms with Gasteiger partial charge in [0.15, 0.2) is 11.5 Å². The number of ether oxygens (including phenoxy) is 9. The van der Waals surface area contributed by atoms with Gasteiger partial charge in [-0.05, 0) is 43.9 Å². The smallest absolute Gasteiger partial charge is 0.165 e. The Labute approximate surface area is 279 Å². The number of piperidine rings is 1. The van der Waals surface area contributed by atoms with Gasteiger partial charge in [-0.1, -0.05) is 12.1 Å². The van der Waals surface area contributed by atoms with Crippen molar-refractivity contribution in [3.05, 3.63) is 35.8 Å². The minimum atomic E-state index is -2.42. The van der Waals surface area contributed by atoms with Crippen molar-refractivity contribution in [2.75, 3.05) is 113 Å². The summed E-state index contributed by atoms with van der Waals surface area (Å²) in [6.07, 6.45) is 0.253. The van der Waals surface area contributed by atoms with E-state index in [-0.39, 0.29) is 38.2 Å². The molecule has 12 nitrogen and oxygen atoms in total. The number of rotatable bonds is 24. The van der Waals surface area contributed by atoms with Crippen LogP contribution in [0.2, 0.25) is 0 Å². The number of phenolic OH excluding ortho intramolecular Hbond substituents is 1. The number of hydrogen-bond acceptors (Lipinski definition) is 12. The van der Waals surface area contributed by atoms with Crippen molar-refractivity contribution >= 4 is 0 Å². The molecule has 0 amide bonds. The van der Waals surface area contributed by atoms with Crippen molar-refractivity contribution in [2.45, 2.75) is 54.9 Å². The molecule has 1 spiro atoms. The van der Waals surface area contributed by atoms with E-state index in [1.807, 2.05) is 0 Å². The van der Waals surface area contributed by atoms with Crippen molar-refractivity contribution in [2.24, 2.45) is 0 Å². The van der Waals surface area contributed by atoms with E-state index in [4.69, 9.17) is 49.5 Å². The molecule has 1 saturated carbocycles. The van der Waals surface area contributed by atoms with Crippen LogP contribution >= 0.6 is 0 Å². The van der Waals surface area contributed by atoms with Gasteiger partial charge in [-0.25, -0.2) is 0 Å². The van der Waals surface area contributed by atoms with Gasteiger partial charge in [0.25, 0.3) is 0 Å². The number of benzene rings is 1. The van der Waals surface area contributed by atoms with Gasteiger partial charge in [-0.2, -0.15) is 0 Å². The number of hydrogen-bond donors (Lipinski definition) is 2. The Balaban J connectivity index is 1.00. The molecular formula is C34H53NO11. The molecule has 0 unspecified atom stereocenters. The van der Waals surface area contributed by atoms with Crippen LogP contribution < -0.4 is 4.74 Å². The van der Waals surface area contributed by atoms with E-state index in [1.54, 1.807) is 19.2 Å². The van der Waals surface area contributed by atoms with Crippen LogP contribution in [0.15, 0.2) is 24.7 Å². The maximum absolute atomic E-state index is 12.6. The van der Waals surface area contributed by atoms with E-state index < -0.39 is 48.3 Å². The van der Waals surface area contributed by atoms with Gasteiger partial charge in [0, 0.05) is 28.0 Å². The zero-order valence-corrected chi connectivity index (χ0v) is 26.8. The topological polar surface area (TPSA) is 127 Å². The van der Waals surface area contributed by atoms with Crippen molar-refractivity contribution < 1.29 is 59.7 Å². The van der Waals surface area contributed by atoms with Gasteiger partial charge in [-0.15, -0.1) is 6.53 Å².